The van der Waals surface area contributed by atoms with Crippen molar-refractivity contribution < 1.29 is 9.90 Å². The summed E-state index contributed by atoms with van der Waals surface area (Å²) in [6, 6.07) is 7.24. The molecule has 3 nitrogen and oxygen atoms in total. The minimum atomic E-state index is -0.855. The van der Waals surface area contributed by atoms with E-state index in [1.54, 1.807) is 12.1 Å². The summed E-state index contributed by atoms with van der Waals surface area (Å²) in [6.07, 6.45) is 3.66. The largest absolute Gasteiger partial charge is 0.478 e. The molecule has 1 aliphatic heterocycles. The van der Waals surface area contributed by atoms with E-state index in [1.807, 2.05) is 12.1 Å². The summed E-state index contributed by atoms with van der Waals surface area (Å²) in [7, 11) is 0. The zero-order valence-electron chi connectivity index (χ0n) is 11.3. The van der Waals surface area contributed by atoms with Gasteiger partial charge in [0, 0.05) is 13.1 Å². The number of halogens is 1. The van der Waals surface area contributed by atoms with Gasteiger partial charge in [0.15, 0.2) is 0 Å². The molecule has 1 aliphatic rings. The number of rotatable bonds is 4. The average Bonchev–Trinajstić information content (AvgIpc) is 2.37. The first-order chi connectivity index (χ1) is 8.65. The van der Waals surface area contributed by atoms with Crippen LogP contribution in [0.2, 0.25) is 0 Å². The van der Waals surface area contributed by atoms with E-state index >= 15 is 0 Å². The summed E-state index contributed by atoms with van der Waals surface area (Å²) < 4.78 is 0. The summed E-state index contributed by atoms with van der Waals surface area (Å²) in [5.41, 5.74) is 1.59. The number of hydrogen-bond donors (Lipinski definition) is 1. The van der Waals surface area contributed by atoms with Gasteiger partial charge in [0.05, 0.1) is 5.56 Å². The Morgan fingerprint density at radius 1 is 1.37 bits per heavy atom. The van der Waals surface area contributed by atoms with Crippen LogP contribution in [0.1, 0.15) is 35.7 Å². The van der Waals surface area contributed by atoms with Gasteiger partial charge in [-0.25, -0.2) is 4.79 Å². The zero-order chi connectivity index (χ0) is 13.0. The molecule has 106 valence electrons. The van der Waals surface area contributed by atoms with Crippen LogP contribution in [-0.2, 0) is 6.42 Å². The first-order valence-corrected chi connectivity index (χ1v) is 6.70. The van der Waals surface area contributed by atoms with Gasteiger partial charge in [-0.2, -0.15) is 0 Å². The summed E-state index contributed by atoms with van der Waals surface area (Å²) in [5.74, 6) is -0.0421. The monoisotopic (exact) mass is 283 g/mol. The zero-order valence-corrected chi connectivity index (χ0v) is 12.2. The number of hydrogen-bond acceptors (Lipinski definition) is 2. The lowest BCUT2D eigenvalue weighted by Crippen LogP contribution is -2.35. The van der Waals surface area contributed by atoms with Crippen molar-refractivity contribution in [3.8, 4) is 0 Å². The highest BCUT2D eigenvalue weighted by atomic mass is 35.5. The third-order valence-electron chi connectivity index (χ3n) is 3.66. The molecule has 1 heterocycles. The number of likely N-dealkylation sites (tertiary alicyclic amines) is 1. The molecule has 19 heavy (non-hydrogen) atoms. The van der Waals surface area contributed by atoms with E-state index < -0.39 is 5.97 Å². The number of aromatic carboxylic acids is 1. The fraction of sp³-hybridized carbons (Fsp3) is 0.533. The van der Waals surface area contributed by atoms with Crippen LogP contribution in [0, 0.1) is 5.92 Å². The molecule has 0 bridgehead atoms. The highest BCUT2D eigenvalue weighted by Crippen LogP contribution is 2.16. The van der Waals surface area contributed by atoms with E-state index in [0.717, 1.165) is 18.9 Å². The molecule has 0 spiro atoms. The Hall–Kier alpha value is -1.06. The number of nitrogens with zero attached hydrogens (tertiary/aromatic N) is 1. The maximum Gasteiger partial charge on any atom is 0.335 e. The summed E-state index contributed by atoms with van der Waals surface area (Å²) in [4.78, 5) is 13.3. The molecular weight excluding hydrogens is 262 g/mol. The molecule has 0 radical (unpaired) electrons. The second-order valence-corrected chi connectivity index (χ2v) is 5.30. The molecule has 1 N–H and O–H groups in total. The third kappa shape index (κ3) is 4.84. The Kier molecular flexibility index (Phi) is 6.32. The van der Waals surface area contributed by atoms with E-state index in [4.69, 9.17) is 5.11 Å². The van der Waals surface area contributed by atoms with Crippen LogP contribution in [0.25, 0.3) is 0 Å². The molecule has 1 saturated heterocycles. The van der Waals surface area contributed by atoms with E-state index in [9.17, 15) is 4.79 Å². The van der Waals surface area contributed by atoms with Gasteiger partial charge in [-0.3, -0.25) is 0 Å². The maximum atomic E-state index is 10.7. The molecule has 1 aromatic rings. The highest BCUT2D eigenvalue weighted by Gasteiger charge is 2.15. The Morgan fingerprint density at radius 2 is 2.05 bits per heavy atom. The molecule has 1 atom stereocenters. The molecular formula is C15H22ClNO2. The minimum absolute atomic E-state index is 0. The Labute approximate surface area is 121 Å². The minimum Gasteiger partial charge on any atom is -0.478 e. The quantitative estimate of drug-likeness (QED) is 0.923. The van der Waals surface area contributed by atoms with E-state index in [2.05, 4.69) is 11.8 Å². The van der Waals surface area contributed by atoms with Crippen molar-refractivity contribution in [2.75, 3.05) is 19.6 Å². The molecule has 0 aliphatic carbocycles. The second kappa shape index (κ2) is 7.51. The van der Waals surface area contributed by atoms with E-state index in [-0.39, 0.29) is 12.4 Å². The topological polar surface area (TPSA) is 40.5 Å². The number of carboxylic acid groups (broad SMARTS) is 1. The molecule has 0 saturated carbocycles. The summed E-state index contributed by atoms with van der Waals surface area (Å²) in [5, 5.41) is 8.83. The van der Waals surface area contributed by atoms with Crippen molar-refractivity contribution in [2.24, 2.45) is 5.92 Å². The van der Waals surface area contributed by atoms with Crippen LogP contribution in [-0.4, -0.2) is 35.6 Å². The fourth-order valence-electron chi connectivity index (χ4n) is 2.59. The SMILES string of the molecule is CC1CCCN(CCc2ccc(C(=O)O)cc2)C1.Cl. The fourth-order valence-corrected chi connectivity index (χ4v) is 2.59. The van der Waals surface area contributed by atoms with Gasteiger partial charge >= 0.3 is 5.97 Å². The van der Waals surface area contributed by atoms with Crippen molar-refractivity contribution in [2.45, 2.75) is 26.2 Å². The predicted octanol–water partition coefficient (Wildman–Crippen LogP) is 3.08. The van der Waals surface area contributed by atoms with Crippen LogP contribution >= 0.6 is 12.4 Å². The lowest BCUT2D eigenvalue weighted by atomic mass is 10.00. The van der Waals surface area contributed by atoms with Crippen molar-refractivity contribution in [3.63, 3.8) is 0 Å². The molecule has 4 heteroatoms. The number of carboxylic acids is 1. The smallest absolute Gasteiger partial charge is 0.335 e. The van der Waals surface area contributed by atoms with Gasteiger partial charge in [0.25, 0.3) is 0 Å². The number of piperidine rings is 1. The molecule has 0 amide bonds. The Bertz CT molecular complexity index is 405. The van der Waals surface area contributed by atoms with Crippen molar-refractivity contribution in [1.82, 2.24) is 4.90 Å². The molecule has 2 rings (SSSR count). The first-order valence-electron chi connectivity index (χ1n) is 6.70. The van der Waals surface area contributed by atoms with Gasteiger partial charge < -0.3 is 10.0 Å². The number of carbonyl (C=O) groups is 1. The van der Waals surface area contributed by atoms with Crippen LogP contribution < -0.4 is 0 Å². The van der Waals surface area contributed by atoms with Crippen LogP contribution in [0.15, 0.2) is 24.3 Å². The number of benzene rings is 1. The Balaban J connectivity index is 0.00000180. The summed E-state index contributed by atoms with van der Waals surface area (Å²) >= 11 is 0. The van der Waals surface area contributed by atoms with Gasteiger partial charge in [0.1, 0.15) is 0 Å². The normalized spacial score (nSPS) is 19.7. The second-order valence-electron chi connectivity index (χ2n) is 5.30. The molecule has 1 unspecified atom stereocenters. The molecule has 1 aromatic carbocycles. The van der Waals surface area contributed by atoms with Gasteiger partial charge in [-0.1, -0.05) is 19.1 Å². The standard InChI is InChI=1S/C15H21NO2.ClH/c1-12-3-2-9-16(11-12)10-8-13-4-6-14(7-5-13)15(17)18;/h4-7,12H,2-3,8-11H2,1H3,(H,17,18);1H. The lowest BCUT2D eigenvalue weighted by Gasteiger charge is -2.30. The van der Waals surface area contributed by atoms with Gasteiger partial charge in [-0.15, -0.1) is 12.4 Å². The summed E-state index contributed by atoms with van der Waals surface area (Å²) in [6.45, 7) is 5.80. The third-order valence-corrected chi connectivity index (χ3v) is 3.66. The lowest BCUT2D eigenvalue weighted by molar-refractivity contribution is 0.0697. The predicted molar refractivity (Wildman–Crippen MR) is 79.2 cm³/mol. The van der Waals surface area contributed by atoms with E-state index in [1.165, 1.54) is 31.5 Å². The van der Waals surface area contributed by atoms with Gasteiger partial charge in [0.2, 0.25) is 0 Å². The van der Waals surface area contributed by atoms with Crippen LogP contribution in [0.4, 0.5) is 0 Å². The maximum absolute atomic E-state index is 10.7. The molecule has 0 aromatic heterocycles. The van der Waals surface area contributed by atoms with Crippen LogP contribution in [0.3, 0.4) is 0 Å². The Morgan fingerprint density at radius 3 is 2.63 bits per heavy atom. The van der Waals surface area contributed by atoms with Crippen molar-refractivity contribution in [3.05, 3.63) is 35.4 Å². The van der Waals surface area contributed by atoms with Crippen LogP contribution in [0.5, 0.6) is 0 Å². The van der Waals surface area contributed by atoms with E-state index in [0.29, 0.717) is 5.56 Å². The van der Waals surface area contributed by atoms with Crippen molar-refractivity contribution in [1.29, 1.82) is 0 Å². The first kappa shape index (κ1) is 16.0. The molecule has 1 fully saturated rings. The van der Waals surface area contributed by atoms with Crippen molar-refractivity contribution >= 4 is 18.4 Å². The average molecular weight is 284 g/mol. The highest BCUT2D eigenvalue weighted by molar-refractivity contribution is 5.87. The van der Waals surface area contributed by atoms with Gasteiger partial charge in [-0.05, 0) is 49.4 Å².